The number of aromatic nitrogens is 1. The Morgan fingerprint density at radius 2 is 2.20 bits per heavy atom. The quantitative estimate of drug-likeness (QED) is 0.771. The van der Waals surface area contributed by atoms with Crippen LogP contribution in [-0.2, 0) is 11.5 Å². The topological polar surface area (TPSA) is 38.0 Å². The van der Waals surface area contributed by atoms with Crippen LogP contribution < -0.4 is 0 Å². The van der Waals surface area contributed by atoms with Gasteiger partial charge in [0.15, 0.2) is 0 Å². The lowest BCUT2D eigenvalue weighted by Gasteiger charge is -2.07. The molecule has 0 radical (unpaired) electrons. The second-order valence-electron chi connectivity index (χ2n) is 4.56. The van der Waals surface area contributed by atoms with Gasteiger partial charge in [0.25, 0.3) is 0 Å². The Hall–Kier alpha value is -2.31. The zero-order valence-electron chi connectivity index (χ0n) is 11.8. The third kappa shape index (κ3) is 3.37. The van der Waals surface area contributed by atoms with Crippen LogP contribution in [-0.4, -0.2) is 11.2 Å². The Balaban J connectivity index is 2.32. The van der Waals surface area contributed by atoms with Crippen molar-refractivity contribution in [3.8, 4) is 6.07 Å². The zero-order chi connectivity index (χ0) is 14.4. The van der Waals surface area contributed by atoms with E-state index in [2.05, 4.69) is 6.07 Å². The molecule has 0 amide bonds. The van der Waals surface area contributed by atoms with E-state index in [1.165, 1.54) is 0 Å². The first-order valence-corrected chi connectivity index (χ1v) is 6.66. The van der Waals surface area contributed by atoms with Crippen LogP contribution in [0, 0.1) is 18.3 Å². The lowest BCUT2D eigenvalue weighted by Crippen LogP contribution is -2.02. The Kier molecular flexibility index (Phi) is 4.75. The van der Waals surface area contributed by atoms with E-state index in [0.29, 0.717) is 18.9 Å². The minimum absolute atomic E-state index is 0.502. The number of allylic oxidation sites excluding steroid dienone is 1. The summed E-state index contributed by atoms with van der Waals surface area (Å²) in [5.74, 6) is 0. The average Bonchev–Trinajstić information content (AvgIpc) is 2.89. The van der Waals surface area contributed by atoms with Crippen LogP contribution in [0.1, 0.15) is 23.7 Å². The fourth-order valence-electron chi connectivity index (χ4n) is 2.01. The summed E-state index contributed by atoms with van der Waals surface area (Å²) in [7, 11) is 0. The highest BCUT2D eigenvalue weighted by atomic mass is 16.5. The van der Waals surface area contributed by atoms with Gasteiger partial charge in [-0.3, -0.25) is 0 Å². The van der Waals surface area contributed by atoms with Crippen LogP contribution in [0.4, 0.5) is 0 Å². The molecule has 0 bridgehead atoms. The van der Waals surface area contributed by atoms with Crippen molar-refractivity contribution >= 4 is 11.6 Å². The molecule has 0 aliphatic carbocycles. The first-order chi connectivity index (χ1) is 9.74. The standard InChI is InChI=1S/C17H18N2O/c1-3-20-13-19-9-5-8-17(19)11-16(12-18)15-7-4-6-14(2)10-15/h4-11H,3,13H2,1-2H3/b16-11+. The molecule has 0 atom stereocenters. The van der Waals surface area contributed by atoms with Crippen LogP contribution in [0.15, 0.2) is 42.6 Å². The summed E-state index contributed by atoms with van der Waals surface area (Å²) in [4.78, 5) is 0. The fraction of sp³-hybridized carbons (Fsp3) is 0.235. The van der Waals surface area contributed by atoms with Crippen molar-refractivity contribution in [1.29, 1.82) is 5.26 Å². The van der Waals surface area contributed by atoms with E-state index in [-0.39, 0.29) is 0 Å². The molecule has 0 N–H and O–H groups in total. The molecule has 1 aromatic heterocycles. The zero-order valence-corrected chi connectivity index (χ0v) is 11.8. The van der Waals surface area contributed by atoms with Crippen molar-refractivity contribution in [1.82, 2.24) is 4.57 Å². The van der Waals surface area contributed by atoms with Gasteiger partial charge in [0.05, 0.1) is 11.6 Å². The molecule has 0 unspecified atom stereocenters. The van der Waals surface area contributed by atoms with Crippen molar-refractivity contribution < 1.29 is 4.74 Å². The number of nitrogens with zero attached hydrogens (tertiary/aromatic N) is 2. The van der Waals surface area contributed by atoms with Crippen molar-refractivity contribution in [2.75, 3.05) is 6.61 Å². The average molecular weight is 266 g/mol. The highest BCUT2D eigenvalue weighted by molar-refractivity contribution is 5.89. The van der Waals surface area contributed by atoms with Crippen LogP contribution in [0.5, 0.6) is 0 Å². The van der Waals surface area contributed by atoms with Gasteiger partial charge in [0.1, 0.15) is 6.73 Å². The summed E-state index contributed by atoms with van der Waals surface area (Å²) < 4.78 is 7.39. The molecule has 3 nitrogen and oxygen atoms in total. The summed E-state index contributed by atoms with van der Waals surface area (Å²) in [6.45, 7) is 5.16. The maximum absolute atomic E-state index is 9.38. The molecule has 2 aromatic rings. The number of nitriles is 1. The summed E-state index contributed by atoms with van der Waals surface area (Å²) in [5, 5.41) is 9.38. The third-order valence-corrected chi connectivity index (χ3v) is 3.04. The number of rotatable bonds is 5. The molecule has 0 saturated heterocycles. The van der Waals surface area contributed by atoms with Crippen LogP contribution >= 0.6 is 0 Å². The van der Waals surface area contributed by atoms with Gasteiger partial charge in [-0.1, -0.05) is 29.8 Å². The molecule has 3 heteroatoms. The van der Waals surface area contributed by atoms with Gasteiger partial charge < -0.3 is 9.30 Å². The van der Waals surface area contributed by atoms with E-state index < -0.39 is 0 Å². The third-order valence-electron chi connectivity index (χ3n) is 3.04. The highest BCUT2D eigenvalue weighted by Crippen LogP contribution is 2.19. The van der Waals surface area contributed by atoms with E-state index in [1.807, 2.05) is 67.1 Å². The van der Waals surface area contributed by atoms with Crippen LogP contribution in [0.3, 0.4) is 0 Å². The Morgan fingerprint density at radius 1 is 1.35 bits per heavy atom. The Morgan fingerprint density at radius 3 is 2.90 bits per heavy atom. The van der Waals surface area contributed by atoms with Crippen LogP contribution in [0.2, 0.25) is 0 Å². The van der Waals surface area contributed by atoms with E-state index >= 15 is 0 Å². The second kappa shape index (κ2) is 6.74. The number of hydrogen-bond acceptors (Lipinski definition) is 2. The maximum atomic E-state index is 9.38. The largest absolute Gasteiger partial charge is 0.361 e. The Bertz CT molecular complexity index is 647. The lowest BCUT2D eigenvalue weighted by atomic mass is 10.0. The molecular formula is C17H18N2O. The van der Waals surface area contributed by atoms with E-state index in [0.717, 1.165) is 16.8 Å². The van der Waals surface area contributed by atoms with E-state index in [4.69, 9.17) is 4.74 Å². The van der Waals surface area contributed by atoms with Crippen molar-refractivity contribution in [3.05, 3.63) is 59.4 Å². The van der Waals surface area contributed by atoms with Gasteiger partial charge in [-0.2, -0.15) is 5.26 Å². The molecular weight excluding hydrogens is 248 g/mol. The summed E-state index contributed by atoms with van der Waals surface area (Å²) >= 11 is 0. The molecule has 0 aliphatic heterocycles. The molecule has 1 heterocycles. The first-order valence-electron chi connectivity index (χ1n) is 6.66. The number of ether oxygens (including phenoxy) is 1. The van der Waals surface area contributed by atoms with Gasteiger partial charge in [-0.25, -0.2) is 0 Å². The lowest BCUT2D eigenvalue weighted by molar-refractivity contribution is 0.0877. The smallest absolute Gasteiger partial charge is 0.122 e. The minimum atomic E-state index is 0.502. The molecule has 0 aliphatic rings. The predicted octanol–water partition coefficient (Wildman–Crippen LogP) is 3.85. The monoisotopic (exact) mass is 266 g/mol. The van der Waals surface area contributed by atoms with E-state index in [1.54, 1.807) is 0 Å². The molecule has 0 saturated carbocycles. The number of hydrogen-bond donors (Lipinski definition) is 0. The van der Waals surface area contributed by atoms with E-state index in [9.17, 15) is 5.26 Å². The molecule has 0 fully saturated rings. The van der Waals surface area contributed by atoms with Crippen LogP contribution in [0.25, 0.3) is 11.6 Å². The first kappa shape index (κ1) is 14.1. The van der Waals surface area contributed by atoms with Crippen molar-refractivity contribution in [3.63, 3.8) is 0 Å². The van der Waals surface area contributed by atoms with Gasteiger partial charge in [-0.05, 0) is 37.6 Å². The second-order valence-corrected chi connectivity index (χ2v) is 4.56. The molecule has 20 heavy (non-hydrogen) atoms. The summed E-state index contributed by atoms with van der Waals surface area (Å²) in [5.41, 5.74) is 3.71. The Labute approximate surface area is 119 Å². The van der Waals surface area contributed by atoms with Gasteiger partial charge in [-0.15, -0.1) is 0 Å². The van der Waals surface area contributed by atoms with Gasteiger partial charge in [0, 0.05) is 18.5 Å². The summed E-state index contributed by atoms with van der Waals surface area (Å²) in [6, 6.07) is 14.2. The fourth-order valence-corrected chi connectivity index (χ4v) is 2.01. The minimum Gasteiger partial charge on any atom is -0.361 e. The SMILES string of the molecule is CCOCn1cccc1/C=C(\C#N)c1cccc(C)c1. The predicted molar refractivity (Wildman–Crippen MR) is 80.7 cm³/mol. The number of benzene rings is 1. The number of aryl methyl sites for hydroxylation is 1. The van der Waals surface area contributed by atoms with Gasteiger partial charge in [0.2, 0.25) is 0 Å². The van der Waals surface area contributed by atoms with Crippen molar-refractivity contribution in [2.24, 2.45) is 0 Å². The molecule has 1 aromatic carbocycles. The summed E-state index contributed by atoms with van der Waals surface area (Å²) in [6.07, 6.45) is 3.85. The van der Waals surface area contributed by atoms with Gasteiger partial charge >= 0.3 is 0 Å². The maximum Gasteiger partial charge on any atom is 0.122 e. The molecule has 2 rings (SSSR count). The highest BCUT2D eigenvalue weighted by Gasteiger charge is 2.04. The van der Waals surface area contributed by atoms with Crippen molar-refractivity contribution in [2.45, 2.75) is 20.6 Å². The molecule has 102 valence electrons. The normalized spacial score (nSPS) is 11.3. The molecule has 0 spiro atoms.